The number of aromatic nitrogens is 4. The zero-order valence-corrected chi connectivity index (χ0v) is 37.4. The molecule has 0 N–H and O–H groups in total. The van der Waals surface area contributed by atoms with E-state index >= 15 is 0 Å². The average molecular weight is 823 g/mol. The van der Waals surface area contributed by atoms with E-state index in [2.05, 4.69) is 67.7 Å². The van der Waals surface area contributed by atoms with Gasteiger partial charge in [0.05, 0.1) is 13.2 Å². The quantitative estimate of drug-likeness (QED) is 0.301. The summed E-state index contributed by atoms with van der Waals surface area (Å²) in [7, 11) is -4.30. The molecule has 314 valence electrons. The summed E-state index contributed by atoms with van der Waals surface area (Å²) >= 11 is 0. The highest BCUT2D eigenvalue weighted by atomic mass is 28.4. The van der Waals surface area contributed by atoms with Crippen LogP contribution in [0.4, 0.5) is 0 Å². The van der Waals surface area contributed by atoms with E-state index in [0.717, 1.165) is 9.13 Å². The number of fused-ring (bicyclic) bond motifs is 2. The third-order valence-corrected chi connectivity index (χ3v) is 21.4. The Kier molecular flexibility index (Phi) is 11.3. The molecule has 6 rings (SSSR count). The van der Waals surface area contributed by atoms with E-state index < -0.39 is 99.8 Å². The minimum atomic E-state index is -2.15. The Hall–Kier alpha value is -2.53. The number of ether oxygens (including phenoxy) is 6. The van der Waals surface area contributed by atoms with Gasteiger partial charge in [0.1, 0.15) is 36.6 Å². The van der Waals surface area contributed by atoms with Gasteiger partial charge in [-0.25, -0.2) is 9.59 Å². The summed E-state index contributed by atoms with van der Waals surface area (Å²) in [6, 6.07) is 2.51. The Labute approximate surface area is 330 Å². The van der Waals surface area contributed by atoms with E-state index in [-0.39, 0.29) is 36.4 Å². The third kappa shape index (κ3) is 8.20. The molecule has 0 aromatic carbocycles. The molecule has 4 saturated heterocycles. The molecule has 18 heteroatoms. The first-order chi connectivity index (χ1) is 25.6. The van der Waals surface area contributed by atoms with Crippen molar-refractivity contribution in [3.8, 4) is 0 Å². The summed E-state index contributed by atoms with van der Waals surface area (Å²) in [5, 5.41) is -0.0610. The van der Waals surface area contributed by atoms with E-state index in [0.29, 0.717) is 0 Å². The first-order valence-electron chi connectivity index (χ1n) is 19.6. The molecular weight excluding hydrogens is 761 g/mol. The van der Waals surface area contributed by atoms with Crippen LogP contribution in [-0.2, 0) is 50.4 Å². The Balaban J connectivity index is 1.24. The third-order valence-electron chi connectivity index (χ3n) is 12.4. The Morgan fingerprint density at radius 3 is 1.23 bits per heavy atom. The van der Waals surface area contributed by atoms with Gasteiger partial charge in [-0.3, -0.25) is 27.9 Å². The van der Waals surface area contributed by atoms with Crippen LogP contribution < -0.4 is 22.5 Å². The van der Waals surface area contributed by atoms with E-state index in [9.17, 15) is 19.2 Å². The van der Waals surface area contributed by atoms with Gasteiger partial charge in [0.2, 0.25) is 0 Å². The van der Waals surface area contributed by atoms with Gasteiger partial charge < -0.3 is 37.3 Å². The van der Waals surface area contributed by atoms with Crippen molar-refractivity contribution in [3.05, 3.63) is 66.2 Å². The maximum absolute atomic E-state index is 14.1. The molecule has 2 aromatic heterocycles. The molecule has 16 nitrogen and oxygen atoms in total. The molecule has 4 fully saturated rings. The number of hydrogen-bond donors (Lipinski definition) is 0. The highest BCUT2D eigenvalue weighted by molar-refractivity contribution is 6.74. The van der Waals surface area contributed by atoms with Crippen LogP contribution in [0.25, 0.3) is 0 Å². The molecule has 0 amide bonds. The molecule has 0 bridgehead atoms. The molecule has 4 aliphatic rings. The molecule has 0 spiro atoms. The number of hydrogen-bond acceptors (Lipinski definition) is 12. The zero-order valence-electron chi connectivity index (χ0n) is 35.4. The second-order valence-corrected chi connectivity index (χ2v) is 29.0. The minimum absolute atomic E-state index is 0.0305. The predicted octanol–water partition coefficient (Wildman–Crippen LogP) is 3.91. The fourth-order valence-electron chi connectivity index (χ4n) is 7.11. The van der Waals surface area contributed by atoms with Gasteiger partial charge >= 0.3 is 11.4 Å². The summed E-state index contributed by atoms with van der Waals surface area (Å²) in [5.41, 5.74) is -2.57. The van der Waals surface area contributed by atoms with E-state index in [1.54, 1.807) is 27.7 Å². The van der Waals surface area contributed by atoms with Gasteiger partial charge in [0, 0.05) is 37.6 Å². The van der Waals surface area contributed by atoms with Crippen LogP contribution in [0.3, 0.4) is 0 Å². The standard InChI is InChI=1S/C38H62N4O12Si2/c1-35(2,3)55(11,12)47-21-23-27-29(53-37(7,8)51-27)31(49-23)41-17-15-25(43)39(33(41)45)19-20-40-26(44)16-18-42(34(40)46)32-30-28(52-38(9,10)54-30)24(50-32)22-48-56(13,14)36(4,5)6/h15-18,23-24,27-32H,19-22H2,1-14H3/t23-,24-,27-,28-,29-,30-,31-,32-/m1/s1. The van der Waals surface area contributed by atoms with Crippen molar-refractivity contribution in [2.45, 2.75) is 179 Å². The van der Waals surface area contributed by atoms with Crippen LogP contribution in [0.1, 0.15) is 81.7 Å². The molecule has 56 heavy (non-hydrogen) atoms. The van der Waals surface area contributed by atoms with E-state index in [1.165, 1.54) is 33.7 Å². The van der Waals surface area contributed by atoms with Crippen LogP contribution in [0.2, 0.25) is 36.3 Å². The predicted molar refractivity (Wildman–Crippen MR) is 212 cm³/mol. The van der Waals surface area contributed by atoms with Crippen molar-refractivity contribution >= 4 is 16.6 Å². The van der Waals surface area contributed by atoms with Gasteiger partial charge in [0.15, 0.2) is 40.7 Å². The topological polar surface area (TPSA) is 162 Å². The smallest absolute Gasteiger partial charge is 0.333 e. The van der Waals surface area contributed by atoms with Gasteiger partial charge in [-0.2, -0.15) is 0 Å². The van der Waals surface area contributed by atoms with Gasteiger partial charge in [0.25, 0.3) is 11.1 Å². The second kappa shape index (κ2) is 14.6. The monoisotopic (exact) mass is 822 g/mol. The summed E-state index contributed by atoms with van der Waals surface area (Å²) in [6.45, 7) is 28.7. The Bertz CT molecular complexity index is 1880. The zero-order chi connectivity index (χ0) is 41.6. The molecular formula is C38H62N4O12Si2. The van der Waals surface area contributed by atoms with Crippen molar-refractivity contribution in [2.75, 3.05) is 13.2 Å². The van der Waals surface area contributed by atoms with Crippen LogP contribution in [0, 0.1) is 0 Å². The van der Waals surface area contributed by atoms with Crippen LogP contribution >= 0.6 is 0 Å². The second-order valence-electron chi connectivity index (χ2n) is 19.4. The Morgan fingerprint density at radius 2 is 0.911 bits per heavy atom. The molecule has 4 aliphatic heterocycles. The van der Waals surface area contributed by atoms with Crippen molar-refractivity contribution in [3.63, 3.8) is 0 Å². The lowest BCUT2D eigenvalue weighted by Gasteiger charge is -2.37. The highest BCUT2D eigenvalue weighted by Crippen LogP contribution is 2.45. The van der Waals surface area contributed by atoms with Crippen LogP contribution in [0.15, 0.2) is 43.7 Å². The molecule has 0 radical (unpaired) electrons. The molecule has 0 aliphatic carbocycles. The van der Waals surface area contributed by atoms with E-state index in [1.807, 2.05) is 0 Å². The SMILES string of the molecule is CC1(C)O[C@@H]2[C@H](O1)[C@@H](CO[Si](C)(C)C(C)(C)C)O[C@H]2n1ccc(=O)n(CCn2c(=O)ccn([C@@H]3O[C@H](CO[Si](C)(C)C(C)(C)C)[C@H]4OC(C)(C)O[C@H]43)c2=O)c1=O. The van der Waals surface area contributed by atoms with Crippen molar-refractivity contribution in [2.24, 2.45) is 0 Å². The molecule has 8 atom stereocenters. The van der Waals surface area contributed by atoms with Gasteiger partial charge in [-0.15, -0.1) is 0 Å². The summed E-state index contributed by atoms with van der Waals surface area (Å²) < 4.78 is 55.4. The maximum atomic E-state index is 14.1. The number of nitrogens with zero attached hydrogens (tertiary/aromatic N) is 4. The maximum Gasteiger partial charge on any atom is 0.333 e. The number of rotatable bonds is 11. The van der Waals surface area contributed by atoms with Crippen LogP contribution in [0.5, 0.6) is 0 Å². The largest absolute Gasteiger partial charge is 0.414 e. The first-order valence-corrected chi connectivity index (χ1v) is 25.4. The molecule has 6 heterocycles. The first kappa shape index (κ1) is 43.1. The highest BCUT2D eigenvalue weighted by Gasteiger charge is 2.58. The molecule has 0 saturated carbocycles. The van der Waals surface area contributed by atoms with E-state index in [4.69, 9.17) is 37.3 Å². The lowest BCUT2D eigenvalue weighted by Crippen LogP contribution is -2.46. The average Bonchev–Trinajstić information content (AvgIpc) is 3.75. The molecule has 2 aromatic rings. The summed E-state index contributed by atoms with van der Waals surface area (Å²) in [6.07, 6.45) is -2.55. The van der Waals surface area contributed by atoms with Gasteiger partial charge in [-0.1, -0.05) is 41.5 Å². The normalized spacial score (nSPS) is 30.2. The Morgan fingerprint density at radius 1 is 0.589 bits per heavy atom. The minimum Gasteiger partial charge on any atom is -0.414 e. The fraction of sp³-hybridized carbons (Fsp3) is 0.789. The summed E-state index contributed by atoms with van der Waals surface area (Å²) in [4.78, 5) is 54.5. The fourth-order valence-corrected chi connectivity index (χ4v) is 9.14. The van der Waals surface area contributed by atoms with Crippen molar-refractivity contribution < 1.29 is 37.3 Å². The van der Waals surface area contributed by atoms with Crippen molar-refractivity contribution in [1.82, 2.24) is 18.3 Å². The molecule has 0 unspecified atom stereocenters. The van der Waals surface area contributed by atoms with Crippen molar-refractivity contribution in [1.29, 1.82) is 0 Å². The van der Waals surface area contributed by atoms with Crippen LogP contribution in [-0.4, -0.2) is 96.3 Å². The van der Waals surface area contributed by atoms with Gasteiger partial charge in [-0.05, 0) is 64.0 Å². The summed E-state index contributed by atoms with van der Waals surface area (Å²) in [5.74, 6) is -1.88. The lowest BCUT2D eigenvalue weighted by atomic mass is 10.1. The lowest BCUT2D eigenvalue weighted by molar-refractivity contribution is -0.200.